The fraction of sp³-hybridized carbons (Fsp3) is 0.538. The van der Waals surface area contributed by atoms with Crippen molar-refractivity contribution in [3.63, 3.8) is 0 Å². The number of rotatable bonds is 5. The second-order valence-corrected chi connectivity index (χ2v) is 4.50. The SMILES string of the molecule is CCc1nnc(NCc2cn(C)nc2C)nc1CC. The Morgan fingerprint density at radius 2 is 1.89 bits per heavy atom. The second kappa shape index (κ2) is 5.77. The average Bonchev–Trinajstić information content (AvgIpc) is 2.74. The highest BCUT2D eigenvalue weighted by molar-refractivity contribution is 5.29. The van der Waals surface area contributed by atoms with Gasteiger partial charge in [0.05, 0.1) is 17.1 Å². The van der Waals surface area contributed by atoms with Crippen molar-refractivity contribution in [3.05, 3.63) is 28.8 Å². The molecule has 2 aromatic rings. The lowest BCUT2D eigenvalue weighted by atomic mass is 10.2. The molecule has 0 saturated carbocycles. The van der Waals surface area contributed by atoms with Crippen molar-refractivity contribution in [1.82, 2.24) is 25.0 Å². The molecule has 0 radical (unpaired) electrons. The molecule has 0 spiro atoms. The lowest BCUT2D eigenvalue weighted by Gasteiger charge is -2.07. The van der Waals surface area contributed by atoms with Crippen LogP contribution >= 0.6 is 0 Å². The summed E-state index contributed by atoms with van der Waals surface area (Å²) in [6, 6.07) is 0. The van der Waals surface area contributed by atoms with E-state index in [1.54, 1.807) is 0 Å². The van der Waals surface area contributed by atoms with Crippen LogP contribution in [0.15, 0.2) is 6.20 Å². The molecule has 6 nitrogen and oxygen atoms in total. The molecular weight excluding hydrogens is 240 g/mol. The van der Waals surface area contributed by atoms with Gasteiger partial charge in [-0.3, -0.25) is 4.68 Å². The van der Waals surface area contributed by atoms with Crippen LogP contribution in [0.5, 0.6) is 0 Å². The number of aromatic nitrogens is 5. The third-order valence-electron chi connectivity index (χ3n) is 3.06. The Bertz CT molecular complexity index is 560. The van der Waals surface area contributed by atoms with Crippen molar-refractivity contribution in [2.45, 2.75) is 40.2 Å². The summed E-state index contributed by atoms with van der Waals surface area (Å²) in [6.07, 6.45) is 3.74. The van der Waals surface area contributed by atoms with E-state index < -0.39 is 0 Å². The standard InChI is InChI=1S/C13H20N6/c1-5-11-12(6-2)16-17-13(15-11)14-7-10-8-19(4)18-9(10)3/h8H,5-7H2,1-4H3,(H,14,15,17). The molecule has 2 rings (SSSR count). The molecule has 0 aliphatic carbocycles. The normalized spacial score (nSPS) is 10.7. The van der Waals surface area contributed by atoms with Gasteiger partial charge in [-0.1, -0.05) is 13.8 Å². The van der Waals surface area contributed by atoms with Gasteiger partial charge in [-0.05, 0) is 19.8 Å². The summed E-state index contributed by atoms with van der Waals surface area (Å²) >= 11 is 0. The maximum absolute atomic E-state index is 4.50. The Labute approximate surface area is 113 Å². The summed E-state index contributed by atoms with van der Waals surface area (Å²) in [4.78, 5) is 4.50. The number of hydrogen-bond acceptors (Lipinski definition) is 5. The Balaban J connectivity index is 2.09. The third-order valence-corrected chi connectivity index (χ3v) is 3.06. The first kappa shape index (κ1) is 13.5. The van der Waals surface area contributed by atoms with Crippen LogP contribution in [0.2, 0.25) is 0 Å². The van der Waals surface area contributed by atoms with Crippen molar-refractivity contribution in [1.29, 1.82) is 0 Å². The van der Waals surface area contributed by atoms with Gasteiger partial charge in [0.2, 0.25) is 5.95 Å². The predicted octanol–water partition coefficient (Wildman–Crippen LogP) is 1.65. The minimum absolute atomic E-state index is 0.581. The van der Waals surface area contributed by atoms with E-state index in [9.17, 15) is 0 Å². The zero-order chi connectivity index (χ0) is 13.8. The van der Waals surface area contributed by atoms with E-state index in [0.29, 0.717) is 12.5 Å². The van der Waals surface area contributed by atoms with E-state index >= 15 is 0 Å². The first-order valence-electron chi connectivity index (χ1n) is 6.59. The van der Waals surface area contributed by atoms with Crippen molar-refractivity contribution < 1.29 is 0 Å². The molecule has 2 aromatic heterocycles. The van der Waals surface area contributed by atoms with Crippen LogP contribution in [0.3, 0.4) is 0 Å². The molecule has 2 heterocycles. The molecule has 0 fully saturated rings. The van der Waals surface area contributed by atoms with E-state index in [4.69, 9.17) is 0 Å². The quantitative estimate of drug-likeness (QED) is 0.885. The molecule has 0 aliphatic heterocycles. The van der Waals surface area contributed by atoms with Gasteiger partial charge in [-0.25, -0.2) is 4.98 Å². The van der Waals surface area contributed by atoms with E-state index in [-0.39, 0.29) is 0 Å². The molecule has 0 atom stereocenters. The molecule has 6 heteroatoms. The van der Waals surface area contributed by atoms with Crippen molar-refractivity contribution >= 4 is 5.95 Å². The topological polar surface area (TPSA) is 68.5 Å². The Hall–Kier alpha value is -1.98. The summed E-state index contributed by atoms with van der Waals surface area (Å²) in [5.74, 6) is 0.581. The fourth-order valence-corrected chi connectivity index (χ4v) is 2.01. The zero-order valence-corrected chi connectivity index (χ0v) is 11.9. The lowest BCUT2D eigenvalue weighted by molar-refractivity contribution is 0.756. The number of hydrogen-bond donors (Lipinski definition) is 1. The van der Waals surface area contributed by atoms with E-state index in [0.717, 1.165) is 35.5 Å². The first-order chi connectivity index (χ1) is 9.13. The van der Waals surface area contributed by atoms with Gasteiger partial charge in [0, 0.05) is 25.4 Å². The molecule has 0 bridgehead atoms. The fourth-order valence-electron chi connectivity index (χ4n) is 2.01. The van der Waals surface area contributed by atoms with Gasteiger partial charge in [-0.2, -0.15) is 10.2 Å². The molecule has 0 amide bonds. The van der Waals surface area contributed by atoms with Crippen LogP contribution in [0.25, 0.3) is 0 Å². The summed E-state index contributed by atoms with van der Waals surface area (Å²) < 4.78 is 1.81. The van der Waals surface area contributed by atoms with Crippen molar-refractivity contribution in [2.75, 3.05) is 5.32 Å². The third kappa shape index (κ3) is 3.07. The minimum atomic E-state index is 0.581. The number of anilines is 1. The number of aryl methyl sites for hydroxylation is 4. The van der Waals surface area contributed by atoms with E-state index in [1.165, 1.54) is 0 Å². The monoisotopic (exact) mass is 260 g/mol. The van der Waals surface area contributed by atoms with Crippen LogP contribution in [0.1, 0.15) is 36.5 Å². The largest absolute Gasteiger partial charge is 0.349 e. The van der Waals surface area contributed by atoms with Gasteiger partial charge >= 0.3 is 0 Å². The molecule has 0 unspecified atom stereocenters. The second-order valence-electron chi connectivity index (χ2n) is 4.50. The number of nitrogens with zero attached hydrogens (tertiary/aromatic N) is 5. The Morgan fingerprint density at radius 3 is 2.47 bits per heavy atom. The van der Waals surface area contributed by atoms with Gasteiger partial charge < -0.3 is 5.32 Å². The summed E-state index contributed by atoms with van der Waals surface area (Å²) in [5, 5.41) is 15.8. The molecule has 19 heavy (non-hydrogen) atoms. The van der Waals surface area contributed by atoms with Crippen LogP contribution in [0.4, 0.5) is 5.95 Å². The van der Waals surface area contributed by atoms with Gasteiger partial charge in [-0.15, -0.1) is 5.10 Å². The van der Waals surface area contributed by atoms with Crippen LogP contribution in [-0.4, -0.2) is 25.0 Å². The van der Waals surface area contributed by atoms with Gasteiger partial charge in [0.25, 0.3) is 0 Å². The maximum atomic E-state index is 4.50. The van der Waals surface area contributed by atoms with Gasteiger partial charge in [0.15, 0.2) is 0 Å². The average molecular weight is 260 g/mol. The maximum Gasteiger partial charge on any atom is 0.243 e. The van der Waals surface area contributed by atoms with Gasteiger partial charge in [0.1, 0.15) is 0 Å². The molecule has 0 saturated heterocycles. The Morgan fingerprint density at radius 1 is 1.16 bits per heavy atom. The lowest BCUT2D eigenvalue weighted by Crippen LogP contribution is -2.09. The first-order valence-corrected chi connectivity index (χ1v) is 6.59. The highest BCUT2D eigenvalue weighted by Gasteiger charge is 2.07. The molecule has 1 N–H and O–H groups in total. The van der Waals surface area contributed by atoms with Crippen LogP contribution < -0.4 is 5.32 Å². The van der Waals surface area contributed by atoms with Crippen LogP contribution in [0, 0.1) is 6.92 Å². The smallest absolute Gasteiger partial charge is 0.243 e. The van der Waals surface area contributed by atoms with E-state index in [1.807, 2.05) is 24.9 Å². The molecule has 0 aliphatic rings. The molecule has 102 valence electrons. The van der Waals surface area contributed by atoms with Crippen molar-refractivity contribution in [2.24, 2.45) is 7.05 Å². The summed E-state index contributed by atoms with van der Waals surface area (Å²) in [6.45, 7) is 6.80. The molecule has 0 aromatic carbocycles. The summed E-state index contributed by atoms with van der Waals surface area (Å²) in [5.41, 5.74) is 4.15. The highest BCUT2D eigenvalue weighted by atomic mass is 15.3. The van der Waals surface area contributed by atoms with Crippen molar-refractivity contribution in [3.8, 4) is 0 Å². The Kier molecular flexibility index (Phi) is 4.09. The minimum Gasteiger partial charge on any atom is -0.349 e. The number of nitrogens with one attached hydrogen (secondary N) is 1. The summed E-state index contributed by atoms with van der Waals surface area (Å²) in [7, 11) is 1.92. The molecular formula is C13H20N6. The predicted molar refractivity (Wildman–Crippen MR) is 73.9 cm³/mol. The highest BCUT2D eigenvalue weighted by Crippen LogP contribution is 2.09. The van der Waals surface area contributed by atoms with E-state index in [2.05, 4.69) is 39.4 Å². The van der Waals surface area contributed by atoms with Crippen LogP contribution in [-0.2, 0) is 26.4 Å². The zero-order valence-electron chi connectivity index (χ0n) is 11.9.